The van der Waals surface area contributed by atoms with Crippen LogP contribution in [0.1, 0.15) is 39.9 Å². The van der Waals surface area contributed by atoms with E-state index in [0.29, 0.717) is 12.2 Å². The quantitative estimate of drug-likeness (QED) is 0.325. The number of benzene rings is 3. The van der Waals surface area contributed by atoms with Crippen LogP contribution in [0.4, 0.5) is 4.39 Å². The molecule has 0 aliphatic rings. The normalized spacial score (nSPS) is 12.1. The maximum atomic E-state index is 13.7. The fourth-order valence-electron chi connectivity index (χ4n) is 4.33. The molecule has 3 aromatic carbocycles. The van der Waals surface area contributed by atoms with E-state index in [1.54, 1.807) is 24.5 Å². The van der Waals surface area contributed by atoms with Crippen molar-refractivity contribution in [3.05, 3.63) is 125 Å². The summed E-state index contributed by atoms with van der Waals surface area (Å²) >= 11 is 0. The lowest BCUT2D eigenvalue weighted by Gasteiger charge is -2.22. The summed E-state index contributed by atoms with van der Waals surface area (Å²) < 4.78 is 21.0. The fraction of sp³-hybridized carbons (Fsp3) is 0.172. The zero-order chi connectivity index (χ0) is 24.4. The number of carbonyl (C=O) groups is 1. The first-order valence-corrected chi connectivity index (χ1v) is 11.6. The van der Waals surface area contributed by atoms with Gasteiger partial charge in [-0.05, 0) is 72.5 Å². The van der Waals surface area contributed by atoms with Crippen molar-refractivity contribution in [2.24, 2.45) is 0 Å². The molecule has 6 heteroatoms. The number of hydrogen-bond acceptors (Lipinski definition) is 3. The van der Waals surface area contributed by atoms with Gasteiger partial charge in [-0.1, -0.05) is 42.5 Å². The number of nitrogens with one attached hydrogen (secondary N) is 1. The van der Waals surface area contributed by atoms with Crippen LogP contribution in [0.5, 0.6) is 0 Å². The van der Waals surface area contributed by atoms with Gasteiger partial charge in [0.25, 0.3) is 0 Å². The Kier molecular flexibility index (Phi) is 6.19. The van der Waals surface area contributed by atoms with Crippen LogP contribution in [0.3, 0.4) is 0 Å². The van der Waals surface area contributed by atoms with Crippen molar-refractivity contribution >= 4 is 16.9 Å². The summed E-state index contributed by atoms with van der Waals surface area (Å²) in [6.07, 6.45) is 2.05. The van der Waals surface area contributed by atoms with Crippen molar-refractivity contribution in [1.29, 1.82) is 0 Å². The second-order valence-corrected chi connectivity index (χ2v) is 8.74. The molecule has 0 spiro atoms. The van der Waals surface area contributed by atoms with Gasteiger partial charge in [0.1, 0.15) is 23.4 Å². The van der Waals surface area contributed by atoms with Crippen LogP contribution in [0.25, 0.3) is 11.0 Å². The van der Waals surface area contributed by atoms with E-state index in [2.05, 4.69) is 31.3 Å². The number of aromatic nitrogens is 2. The Bertz CT molecular complexity index is 1460. The number of rotatable bonds is 7. The van der Waals surface area contributed by atoms with E-state index >= 15 is 0 Å². The van der Waals surface area contributed by atoms with Gasteiger partial charge in [-0.15, -0.1) is 0 Å². The lowest BCUT2D eigenvalue weighted by atomic mass is 10.0. The maximum Gasteiger partial charge on any atom is 0.248 e. The molecule has 0 saturated carbocycles. The van der Waals surface area contributed by atoms with Gasteiger partial charge in [0, 0.05) is 6.42 Å². The first kappa shape index (κ1) is 22.6. The van der Waals surface area contributed by atoms with Crippen LogP contribution < -0.4 is 5.32 Å². The minimum Gasteiger partial charge on any atom is -0.467 e. The van der Waals surface area contributed by atoms with Crippen LogP contribution in [-0.4, -0.2) is 15.5 Å². The van der Waals surface area contributed by atoms with Crippen molar-refractivity contribution in [2.45, 2.75) is 32.9 Å². The van der Waals surface area contributed by atoms with Crippen molar-refractivity contribution in [1.82, 2.24) is 14.9 Å². The summed E-state index contributed by atoms with van der Waals surface area (Å²) in [5.41, 5.74) is 5.72. The number of halogens is 1. The van der Waals surface area contributed by atoms with Gasteiger partial charge in [-0.2, -0.15) is 0 Å². The predicted molar refractivity (Wildman–Crippen MR) is 134 cm³/mol. The van der Waals surface area contributed by atoms with E-state index in [4.69, 9.17) is 9.40 Å². The van der Waals surface area contributed by atoms with Crippen LogP contribution in [0, 0.1) is 19.7 Å². The lowest BCUT2D eigenvalue weighted by Crippen LogP contribution is -2.33. The largest absolute Gasteiger partial charge is 0.467 e. The van der Waals surface area contributed by atoms with E-state index in [9.17, 15) is 9.18 Å². The third-order valence-electron chi connectivity index (χ3n) is 6.29. The summed E-state index contributed by atoms with van der Waals surface area (Å²) in [5.74, 6) is 0.968. The Morgan fingerprint density at radius 3 is 2.46 bits per heavy atom. The number of imidazole rings is 1. The minimum atomic E-state index is -0.645. The average Bonchev–Trinajstić information content (AvgIpc) is 3.49. The van der Waals surface area contributed by atoms with E-state index in [0.717, 1.165) is 39.1 Å². The molecule has 0 fully saturated rings. The number of nitrogens with zero attached hydrogens (tertiary/aromatic N) is 2. The van der Waals surface area contributed by atoms with E-state index in [1.165, 1.54) is 12.1 Å². The van der Waals surface area contributed by atoms with Crippen molar-refractivity contribution in [3.8, 4) is 0 Å². The molecule has 0 saturated heterocycles. The summed E-state index contributed by atoms with van der Waals surface area (Å²) in [6, 6.07) is 23.2. The molecule has 0 bridgehead atoms. The smallest absolute Gasteiger partial charge is 0.248 e. The van der Waals surface area contributed by atoms with Crippen LogP contribution in [0.15, 0.2) is 89.5 Å². The molecule has 176 valence electrons. The van der Waals surface area contributed by atoms with Gasteiger partial charge in [0.15, 0.2) is 0 Å². The number of amides is 1. The third kappa shape index (κ3) is 4.73. The highest BCUT2D eigenvalue weighted by Crippen LogP contribution is 2.30. The predicted octanol–water partition coefficient (Wildman–Crippen LogP) is 5.88. The fourth-order valence-corrected chi connectivity index (χ4v) is 4.33. The van der Waals surface area contributed by atoms with Gasteiger partial charge in [0.2, 0.25) is 5.91 Å². The summed E-state index contributed by atoms with van der Waals surface area (Å²) in [5, 5.41) is 3.03. The van der Waals surface area contributed by atoms with E-state index in [1.807, 2.05) is 41.0 Å². The molecule has 0 radical (unpaired) electrons. The first-order valence-electron chi connectivity index (χ1n) is 11.6. The van der Waals surface area contributed by atoms with Gasteiger partial charge < -0.3 is 14.3 Å². The van der Waals surface area contributed by atoms with Crippen molar-refractivity contribution in [3.63, 3.8) is 0 Å². The molecule has 35 heavy (non-hydrogen) atoms. The molecule has 2 aromatic heterocycles. The van der Waals surface area contributed by atoms with Gasteiger partial charge >= 0.3 is 0 Å². The van der Waals surface area contributed by atoms with Crippen LogP contribution in [-0.2, 0) is 17.8 Å². The number of hydrogen-bond donors (Lipinski definition) is 1. The Morgan fingerprint density at radius 1 is 1.00 bits per heavy atom. The highest BCUT2D eigenvalue weighted by Gasteiger charge is 2.28. The molecule has 0 aliphatic carbocycles. The molecule has 0 aliphatic heterocycles. The monoisotopic (exact) mass is 467 g/mol. The van der Waals surface area contributed by atoms with Gasteiger partial charge in [-0.3, -0.25) is 4.79 Å². The lowest BCUT2D eigenvalue weighted by molar-refractivity contribution is -0.123. The second kappa shape index (κ2) is 9.58. The maximum absolute atomic E-state index is 13.7. The number of carbonyl (C=O) groups excluding carboxylic acids is 1. The topological polar surface area (TPSA) is 60.1 Å². The zero-order valence-corrected chi connectivity index (χ0v) is 19.7. The Balaban J connectivity index is 1.65. The molecule has 2 heterocycles. The van der Waals surface area contributed by atoms with Crippen molar-refractivity contribution in [2.75, 3.05) is 0 Å². The first-order chi connectivity index (χ1) is 17.0. The van der Waals surface area contributed by atoms with Crippen molar-refractivity contribution < 1.29 is 13.6 Å². The highest BCUT2D eigenvalue weighted by atomic mass is 19.1. The van der Waals surface area contributed by atoms with Crippen LogP contribution in [0.2, 0.25) is 0 Å². The molecular formula is C29H26FN3O2. The van der Waals surface area contributed by atoms with E-state index < -0.39 is 6.04 Å². The van der Waals surface area contributed by atoms with E-state index in [-0.39, 0.29) is 18.3 Å². The summed E-state index contributed by atoms with van der Waals surface area (Å²) in [4.78, 5) is 18.7. The Morgan fingerprint density at radius 2 is 1.74 bits per heavy atom. The Hall–Kier alpha value is -4.19. The standard InChI is InChI=1S/C29H26FN3O2/c1-19-15-25-26(16-20(19)2)33(27(32-25)17-21-10-12-23(30)13-11-21)28(22-7-4-3-5-8-22)29(34)31-18-24-9-6-14-35-24/h3-16,28H,17-18H2,1-2H3,(H,31,34)/t28-/m0/s1. The molecule has 0 unspecified atom stereocenters. The van der Waals surface area contributed by atoms with Crippen LogP contribution >= 0.6 is 0 Å². The molecule has 5 aromatic rings. The molecule has 1 N–H and O–H groups in total. The molecular weight excluding hydrogens is 441 g/mol. The SMILES string of the molecule is Cc1cc2nc(Cc3ccc(F)cc3)n([C@H](C(=O)NCc3ccco3)c3ccccc3)c2cc1C. The zero-order valence-electron chi connectivity index (χ0n) is 19.7. The Labute approximate surface area is 203 Å². The third-order valence-corrected chi connectivity index (χ3v) is 6.29. The second-order valence-electron chi connectivity index (χ2n) is 8.74. The van der Waals surface area contributed by atoms with Gasteiger partial charge in [0.05, 0.1) is 23.8 Å². The number of fused-ring (bicyclic) bond motifs is 1. The molecule has 5 nitrogen and oxygen atoms in total. The van der Waals surface area contributed by atoms with Gasteiger partial charge in [-0.25, -0.2) is 9.37 Å². The average molecular weight is 468 g/mol. The highest BCUT2D eigenvalue weighted by molar-refractivity contribution is 5.87. The molecule has 1 atom stereocenters. The number of aryl methyl sites for hydroxylation is 2. The minimum absolute atomic E-state index is 0.162. The molecule has 1 amide bonds. The summed E-state index contributed by atoms with van der Waals surface area (Å²) in [7, 11) is 0. The summed E-state index contributed by atoms with van der Waals surface area (Å²) in [6.45, 7) is 4.39. The number of furan rings is 1. The molecule has 5 rings (SSSR count).